The third-order valence-electron chi connectivity index (χ3n) is 3.77. The molecule has 2 aromatic carbocycles. The Bertz CT molecular complexity index is 1090. The van der Waals surface area contributed by atoms with Crippen molar-refractivity contribution in [1.82, 2.24) is 4.98 Å². The number of anilines is 2. The lowest BCUT2D eigenvalue weighted by Gasteiger charge is -2.10. The van der Waals surface area contributed by atoms with E-state index in [1.165, 1.54) is 53.8 Å². The van der Waals surface area contributed by atoms with Crippen LogP contribution in [-0.2, 0) is 10.0 Å². The first kappa shape index (κ1) is 19.0. The third-order valence-corrected chi connectivity index (χ3v) is 6.13. The van der Waals surface area contributed by atoms with Gasteiger partial charge in [0.2, 0.25) is 0 Å². The Balaban J connectivity index is 1.84. The zero-order chi connectivity index (χ0) is 19.6. The van der Waals surface area contributed by atoms with E-state index in [0.717, 1.165) is 16.6 Å². The normalized spacial score (nSPS) is 11.2. The van der Waals surface area contributed by atoms with Crippen molar-refractivity contribution in [1.29, 1.82) is 0 Å². The van der Waals surface area contributed by atoms with Gasteiger partial charge in [0, 0.05) is 10.4 Å². The molecule has 3 aromatic rings. The zero-order valence-corrected chi connectivity index (χ0v) is 16.1. The van der Waals surface area contributed by atoms with Gasteiger partial charge in [-0.1, -0.05) is 18.2 Å². The third kappa shape index (κ3) is 4.32. The number of carbonyl (C=O) groups excluding carboxylic acids is 1. The van der Waals surface area contributed by atoms with Gasteiger partial charge in [0.25, 0.3) is 15.9 Å². The zero-order valence-electron chi connectivity index (χ0n) is 14.5. The Hall–Kier alpha value is -2.78. The maximum atomic E-state index is 13.7. The molecule has 3 rings (SSSR count). The number of aryl methyl sites for hydroxylation is 2. The molecule has 6 nitrogen and oxygen atoms in total. The standard InChI is InChI=1S/C18H16FN3O3S2/c1-11-12(2)26-18(20-11)21-17(23)13-6-5-7-14(10-13)27(24,25)22-16-9-4-3-8-15(16)19/h3-10,22H,1-2H3,(H,20,21,23). The van der Waals surface area contributed by atoms with Gasteiger partial charge in [-0.15, -0.1) is 11.3 Å². The molecule has 0 saturated carbocycles. The first-order valence-electron chi connectivity index (χ1n) is 7.89. The van der Waals surface area contributed by atoms with Crippen LogP contribution in [0.1, 0.15) is 20.9 Å². The van der Waals surface area contributed by atoms with Crippen molar-refractivity contribution >= 4 is 38.1 Å². The molecule has 140 valence electrons. The molecule has 0 unspecified atom stereocenters. The van der Waals surface area contributed by atoms with E-state index in [0.29, 0.717) is 5.13 Å². The second-order valence-electron chi connectivity index (χ2n) is 5.73. The number of rotatable bonds is 5. The Morgan fingerprint density at radius 2 is 1.85 bits per heavy atom. The minimum Gasteiger partial charge on any atom is -0.298 e. The molecule has 0 saturated heterocycles. The van der Waals surface area contributed by atoms with Crippen LogP contribution in [0.5, 0.6) is 0 Å². The molecule has 0 radical (unpaired) electrons. The number of nitrogens with zero attached hydrogens (tertiary/aromatic N) is 1. The highest BCUT2D eigenvalue weighted by atomic mass is 32.2. The number of carbonyl (C=O) groups is 1. The Morgan fingerprint density at radius 1 is 1.11 bits per heavy atom. The molecule has 2 N–H and O–H groups in total. The minimum absolute atomic E-state index is 0.148. The maximum Gasteiger partial charge on any atom is 0.262 e. The van der Waals surface area contributed by atoms with Gasteiger partial charge < -0.3 is 0 Å². The summed E-state index contributed by atoms with van der Waals surface area (Å²) in [5, 5.41) is 3.09. The van der Waals surface area contributed by atoms with Gasteiger partial charge in [0.05, 0.1) is 16.3 Å². The number of nitrogens with one attached hydrogen (secondary N) is 2. The number of sulfonamides is 1. The van der Waals surface area contributed by atoms with E-state index in [1.54, 1.807) is 0 Å². The second-order valence-corrected chi connectivity index (χ2v) is 8.61. The summed E-state index contributed by atoms with van der Waals surface area (Å²) in [5.41, 5.74) is 0.804. The fourth-order valence-electron chi connectivity index (χ4n) is 2.25. The van der Waals surface area contributed by atoms with Crippen molar-refractivity contribution < 1.29 is 17.6 Å². The van der Waals surface area contributed by atoms with Crippen molar-refractivity contribution in [2.24, 2.45) is 0 Å². The SMILES string of the molecule is Cc1nc(NC(=O)c2cccc(S(=O)(=O)Nc3ccccc3F)c2)sc1C. The van der Waals surface area contributed by atoms with E-state index < -0.39 is 21.7 Å². The number of halogens is 1. The van der Waals surface area contributed by atoms with Crippen LogP contribution in [0.15, 0.2) is 53.4 Å². The fraction of sp³-hybridized carbons (Fsp3) is 0.111. The predicted molar refractivity (Wildman–Crippen MR) is 103 cm³/mol. The highest BCUT2D eigenvalue weighted by Gasteiger charge is 2.18. The van der Waals surface area contributed by atoms with Gasteiger partial charge in [-0.3, -0.25) is 14.8 Å². The molecule has 0 aliphatic heterocycles. The average Bonchev–Trinajstić information content (AvgIpc) is 2.94. The number of aromatic nitrogens is 1. The Labute approximate surface area is 160 Å². The fourth-order valence-corrected chi connectivity index (χ4v) is 4.17. The molecule has 0 spiro atoms. The summed E-state index contributed by atoms with van der Waals surface area (Å²) in [5.74, 6) is -1.17. The van der Waals surface area contributed by atoms with Crippen molar-refractivity contribution in [2.45, 2.75) is 18.7 Å². The van der Waals surface area contributed by atoms with Gasteiger partial charge in [-0.2, -0.15) is 0 Å². The summed E-state index contributed by atoms with van der Waals surface area (Å²) < 4.78 is 40.9. The van der Waals surface area contributed by atoms with Crippen molar-refractivity contribution in [3.63, 3.8) is 0 Å². The number of thiazole rings is 1. The lowest BCUT2D eigenvalue weighted by Crippen LogP contribution is -2.16. The Kier molecular flexibility index (Phi) is 5.24. The smallest absolute Gasteiger partial charge is 0.262 e. The molecule has 0 bridgehead atoms. The van der Waals surface area contributed by atoms with E-state index in [9.17, 15) is 17.6 Å². The summed E-state index contributed by atoms with van der Waals surface area (Å²) in [4.78, 5) is 17.5. The maximum absolute atomic E-state index is 13.7. The molecule has 0 fully saturated rings. The first-order valence-corrected chi connectivity index (χ1v) is 10.2. The molecule has 1 aromatic heterocycles. The first-order chi connectivity index (χ1) is 12.8. The number of hydrogen-bond donors (Lipinski definition) is 2. The topological polar surface area (TPSA) is 88.2 Å². The van der Waals surface area contributed by atoms with Gasteiger partial charge in [-0.25, -0.2) is 17.8 Å². The van der Waals surface area contributed by atoms with Crippen LogP contribution in [0.25, 0.3) is 0 Å². The van der Waals surface area contributed by atoms with Gasteiger partial charge in [0.15, 0.2) is 5.13 Å². The van der Waals surface area contributed by atoms with Crippen molar-refractivity contribution in [3.8, 4) is 0 Å². The summed E-state index contributed by atoms with van der Waals surface area (Å²) in [6, 6.07) is 10.9. The molecule has 27 heavy (non-hydrogen) atoms. The molecule has 1 amide bonds. The van der Waals surface area contributed by atoms with E-state index in [1.807, 2.05) is 13.8 Å². The molecule has 9 heteroatoms. The van der Waals surface area contributed by atoms with Crippen molar-refractivity contribution in [3.05, 3.63) is 70.5 Å². The predicted octanol–water partition coefficient (Wildman–Crippen LogP) is 3.95. The highest BCUT2D eigenvalue weighted by molar-refractivity contribution is 7.92. The van der Waals surface area contributed by atoms with Crippen LogP contribution in [0, 0.1) is 19.7 Å². The summed E-state index contributed by atoms with van der Waals surface area (Å²) in [6.45, 7) is 3.73. The van der Waals surface area contributed by atoms with Crippen LogP contribution >= 0.6 is 11.3 Å². The molecular weight excluding hydrogens is 389 g/mol. The highest BCUT2D eigenvalue weighted by Crippen LogP contribution is 2.23. The lowest BCUT2D eigenvalue weighted by atomic mass is 10.2. The number of benzene rings is 2. The van der Waals surface area contributed by atoms with E-state index in [-0.39, 0.29) is 16.1 Å². The van der Waals surface area contributed by atoms with Crippen LogP contribution in [0.3, 0.4) is 0 Å². The molecule has 0 aliphatic carbocycles. The van der Waals surface area contributed by atoms with Crippen molar-refractivity contribution in [2.75, 3.05) is 10.0 Å². The summed E-state index contributed by atoms with van der Waals surface area (Å²) >= 11 is 1.34. The Morgan fingerprint density at radius 3 is 2.52 bits per heavy atom. The lowest BCUT2D eigenvalue weighted by molar-refractivity contribution is 0.102. The largest absolute Gasteiger partial charge is 0.298 e. The van der Waals surface area contributed by atoms with Crippen LogP contribution in [0.4, 0.5) is 15.2 Å². The van der Waals surface area contributed by atoms with Gasteiger partial charge in [0.1, 0.15) is 5.82 Å². The molecular formula is C18H16FN3O3S2. The van der Waals surface area contributed by atoms with E-state index in [2.05, 4.69) is 15.0 Å². The quantitative estimate of drug-likeness (QED) is 0.673. The van der Waals surface area contributed by atoms with E-state index in [4.69, 9.17) is 0 Å². The van der Waals surface area contributed by atoms with Gasteiger partial charge in [-0.05, 0) is 44.2 Å². The van der Waals surface area contributed by atoms with Crippen LogP contribution in [-0.4, -0.2) is 19.3 Å². The molecule has 1 heterocycles. The molecule has 0 atom stereocenters. The minimum atomic E-state index is -4.05. The van der Waals surface area contributed by atoms with Gasteiger partial charge >= 0.3 is 0 Å². The average molecular weight is 405 g/mol. The number of amides is 1. The van der Waals surface area contributed by atoms with Crippen LogP contribution in [0.2, 0.25) is 0 Å². The van der Waals surface area contributed by atoms with E-state index >= 15 is 0 Å². The number of para-hydroxylation sites is 1. The monoisotopic (exact) mass is 405 g/mol. The summed E-state index contributed by atoms with van der Waals surface area (Å²) in [7, 11) is -4.05. The number of hydrogen-bond acceptors (Lipinski definition) is 5. The molecule has 0 aliphatic rings. The second kappa shape index (κ2) is 7.45. The van der Waals surface area contributed by atoms with Crippen LogP contribution < -0.4 is 10.0 Å². The summed E-state index contributed by atoms with van der Waals surface area (Å²) in [6.07, 6.45) is 0.